The van der Waals surface area contributed by atoms with Crippen molar-refractivity contribution >= 4 is 47.3 Å². The largest absolute Gasteiger partial charge is 0.312 e. The molecule has 0 aromatic heterocycles. The lowest BCUT2D eigenvalue weighted by molar-refractivity contribution is -0.117. The average molecular weight is 371 g/mol. The van der Waals surface area contributed by atoms with Gasteiger partial charge in [0.15, 0.2) is 0 Å². The molecule has 0 bridgehead atoms. The SMILES string of the molecule is O=C1CC(CS(=O)(=O)Cl)CN1c1ccc(Br)c(F)c1. The van der Waals surface area contributed by atoms with Crippen molar-refractivity contribution in [1.82, 2.24) is 0 Å². The van der Waals surface area contributed by atoms with Gasteiger partial charge in [0.1, 0.15) is 5.82 Å². The van der Waals surface area contributed by atoms with E-state index in [0.29, 0.717) is 10.2 Å². The molecule has 0 N–H and O–H groups in total. The third kappa shape index (κ3) is 3.67. The van der Waals surface area contributed by atoms with Crippen molar-refractivity contribution in [2.45, 2.75) is 6.42 Å². The highest BCUT2D eigenvalue weighted by Gasteiger charge is 2.33. The van der Waals surface area contributed by atoms with Gasteiger partial charge in [-0.1, -0.05) is 0 Å². The van der Waals surface area contributed by atoms with Crippen LogP contribution >= 0.6 is 26.6 Å². The van der Waals surface area contributed by atoms with Crippen molar-refractivity contribution in [3.63, 3.8) is 0 Å². The van der Waals surface area contributed by atoms with Crippen LogP contribution in [-0.2, 0) is 13.8 Å². The maximum atomic E-state index is 13.4. The Kier molecular flexibility index (Phi) is 4.17. The Morgan fingerprint density at radius 3 is 2.74 bits per heavy atom. The summed E-state index contributed by atoms with van der Waals surface area (Å²) in [6.45, 7) is 0.228. The lowest BCUT2D eigenvalue weighted by Crippen LogP contribution is -2.25. The molecule has 1 unspecified atom stereocenters. The van der Waals surface area contributed by atoms with Crippen LogP contribution < -0.4 is 4.90 Å². The van der Waals surface area contributed by atoms with E-state index in [1.807, 2.05) is 0 Å². The molecule has 0 radical (unpaired) electrons. The number of rotatable bonds is 3. The Labute approximate surface area is 123 Å². The minimum Gasteiger partial charge on any atom is -0.312 e. The molecule has 1 atom stereocenters. The van der Waals surface area contributed by atoms with E-state index < -0.39 is 14.9 Å². The third-order valence-corrected chi connectivity index (χ3v) is 4.75. The van der Waals surface area contributed by atoms with Crippen LogP contribution in [-0.4, -0.2) is 26.6 Å². The predicted octanol–water partition coefficient (Wildman–Crippen LogP) is 2.51. The Balaban J connectivity index is 2.18. The lowest BCUT2D eigenvalue weighted by Gasteiger charge is -2.16. The molecular weight excluding hydrogens is 361 g/mol. The molecule has 2 rings (SSSR count). The molecule has 0 spiro atoms. The monoisotopic (exact) mass is 369 g/mol. The molecule has 19 heavy (non-hydrogen) atoms. The third-order valence-electron chi connectivity index (χ3n) is 2.85. The number of hydrogen-bond donors (Lipinski definition) is 0. The molecule has 4 nitrogen and oxygen atoms in total. The summed E-state index contributed by atoms with van der Waals surface area (Å²) in [6.07, 6.45) is 0.101. The lowest BCUT2D eigenvalue weighted by atomic mass is 10.1. The van der Waals surface area contributed by atoms with E-state index >= 15 is 0 Å². The molecule has 104 valence electrons. The molecular formula is C11H10BrClFNO3S. The summed E-state index contributed by atoms with van der Waals surface area (Å²) >= 11 is 3.03. The molecule has 8 heteroatoms. The van der Waals surface area contributed by atoms with E-state index in [-0.39, 0.29) is 30.5 Å². The number of carbonyl (C=O) groups is 1. The topological polar surface area (TPSA) is 54.5 Å². The van der Waals surface area contributed by atoms with Crippen LogP contribution in [0.1, 0.15) is 6.42 Å². The Hall–Kier alpha value is -0.660. The Bertz CT molecular complexity index is 622. The Morgan fingerprint density at radius 2 is 2.16 bits per heavy atom. The Morgan fingerprint density at radius 1 is 1.47 bits per heavy atom. The van der Waals surface area contributed by atoms with E-state index in [4.69, 9.17) is 10.7 Å². The molecule has 1 saturated heterocycles. The summed E-state index contributed by atoms with van der Waals surface area (Å²) in [5, 5.41) is 0. The molecule has 1 fully saturated rings. The highest BCUT2D eigenvalue weighted by molar-refractivity contribution is 9.10. The van der Waals surface area contributed by atoms with Gasteiger partial charge in [0, 0.05) is 35.3 Å². The highest BCUT2D eigenvalue weighted by atomic mass is 79.9. The summed E-state index contributed by atoms with van der Waals surface area (Å²) in [4.78, 5) is 13.2. The van der Waals surface area contributed by atoms with Gasteiger partial charge in [-0.3, -0.25) is 4.79 Å². The number of halogens is 3. The molecule has 1 heterocycles. The van der Waals surface area contributed by atoms with Gasteiger partial charge >= 0.3 is 0 Å². The number of anilines is 1. The second-order valence-corrected chi connectivity index (χ2v) is 8.05. The van der Waals surface area contributed by atoms with Crippen molar-refractivity contribution in [3.05, 3.63) is 28.5 Å². The van der Waals surface area contributed by atoms with Crippen LogP contribution in [0.5, 0.6) is 0 Å². The number of benzene rings is 1. The van der Waals surface area contributed by atoms with Crippen LogP contribution in [0.2, 0.25) is 0 Å². The summed E-state index contributed by atoms with van der Waals surface area (Å²) < 4.78 is 35.7. The summed E-state index contributed by atoms with van der Waals surface area (Å²) in [5.74, 6) is -1.32. The van der Waals surface area contributed by atoms with Crippen molar-refractivity contribution in [2.24, 2.45) is 5.92 Å². The van der Waals surface area contributed by atoms with Gasteiger partial charge in [0.25, 0.3) is 0 Å². The average Bonchev–Trinajstić information content (AvgIpc) is 2.61. The first-order chi connectivity index (χ1) is 8.76. The first kappa shape index (κ1) is 14.7. The maximum Gasteiger partial charge on any atom is 0.232 e. The molecule has 1 aromatic carbocycles. The minimum absolute atomic E-state index is 0.101. The van der Waals surface area contributed by atoms with Crippen LogP contribution in [0.4, 0.5) is 10.1 Å². The molecule has 0 aliphatic carbocycles. The zero-order valence-electron chi connectivity index (χ0n) is 9.64. The molecule has 1 aliphatic heterocycles. The summed E-state index contributed by atoms with van der Waals surface area (Å²) in [6, 6.07) is 4.34. The van der Waals surface area contributed by atoms with Gasteiger partial charge in [0.2, 0.25) is 15.0 Å². The highest BCUT2D eigenvalue weighted by Crippen LogP contribution is 2.29. The van der Waals surface area contributed by atoms with E-state index in [0.717, 1.165) is 0 Å². The van der Waals surface area contributed by atoms with Crippen molar-refractivity contribution in [1.29, 1.82) is 0 Å². The zero-order valence-corrected chi connectivity index (χ0v) is 12.8. The number of amides is 1. The molecule has 1 amide bonds. The molecule has 1 aliphatic rings. The van der Waals surface area contributed by atoms with Gasteiger partial charge in [-0.05, 0) is 34.1 Å². The second kappa shape index (κ2) is 5.38. The van der Waals surface area contributed by atoms with E-state index in [9.17, 15) is 17.6 Å². The minimum atomic E-state index is -3.64. The van der Waals surface area contributed by atoms with Gasteiger partial charge in [-0.25, -0.2) is 12.8 Å². The predicted molar refractivity (Wildman–Crippen MR) is 74.2 cm³/mol. The van der Waals surface area contributed by atoms with Gasteiger partial charge < -0.3 is 4.90 Å². The smallest absolute Gasteiger partial charge is 0.232 e. The standard InChI is InChI=1S/C11H10BrClFNO3S/c12-9-2-1-8(4-10(9)14)15-5-7(3-11(15)16)6-19(13,17)18/h1-2,4,7H,3,5-6H2. The molecule has 0 saturated carbocycles. The number of carbonyl (C=O) groups excluding carboxylic acids is 1. The summed E-state index contributed by atoms with van der Waals surface area (Å²) in [5.41, 5.74) is 0.417. The van der Waals surface area contributed by atoms with E-state index in [1.54, 1.807) is 6.07 Å². The van der Waals surface area contributed by atoms with Crippen LogP contribution in [0.25, 0.3) is 0 Å². The normalized spacial score (nSPS) is 20.1. The fourth-order valence-electron chi connectivity index (χ4n) is 2.08. The molecule has 1 aromatic rings. The second-order valence-electron chi connectivity index (χ2n) is 4.38. The van der Waals surface area contributed by atoms with Crippen molar-refractivity contribution in [3.8, 4) is 0 Å². The fourth-order valence-corrected chi connectivity index (χ4v) is 3.64. The maximum absolute atomic E-state index is 13.4. The fraction of sp³-hybridized carbons (Fsp3) is 0.364. The van der Waals surface area contributed by atoms with E-state index in [2.05, 4.69) is 15.9 Å². The van der Waals surface area contributed by atoms with Gasteiger partial charge in [0.05, 0.1) is 10.2 Å². The van der Waals surface area contributed by atoms with Crippen molar-refractivity contribution in [2.75, 3.05) is 17.2 Å². The van der Waals surface area contributed by atoms with E-state index in [1.165, 1.54) is 17.0 Å². The van der Waals surface area contributed by atoms with Gasteiger partial charge in [-0.15, -0.1) is 0 Å². The van der Waals surface area contributed by atoms with Crippen LogP contribution in [0.15, 0.2) is 22.7 Å². The van der Waals surface area contributed by atoms with Gasteiger partial charge in [-0.2, -0.15) is 0 Å². The van der Waals surface area contributed by atoms with Crippen molar-refractivity contribution < 1.29 is 17.6 Å². The quantitative estimate of drug-likeness (QED) is 0.768. The number of hydrogen-bond acceptors (Lipinski definition) is 3. The first-order valence-electron chi connectivity index (χ1n) is 5.44. The van der Waals surface area contributed by atoms with Crippen LogP contribution in [0, 0.1) is 11.7 Å². The first-order valence-corrected chi connectivity index (χ1v) is 8.71. The summed E-state index contributed by atoms with van der Waals surface area (Å²) in [7, 11) is 1.54. The van der Waals surface area contributed by atoms with Crippen LogP contribution in [0.3, 0.4) is 0 Å². The zero-order chi connectivity index (χ0) is 14.2. The number of nitrogens with zero attached hydrogens (tertiary/aromatic N) is 1.